The summed E-state index contributed by atoms with van der Waals surface area (Å²) in [5, 5.41) is 0. The zero-order valence-electron chi connectivity index (χ0n) is 8.41. The zero-order chi connectivity index (χ0) is 11.1. The molecule has 0 N–H and O–H groups in total. The lowest BCUT2D eigenvalue weighted by atomic mass is 10.3. The summed E-state index contributed by atoms with van der Waals surface area (Å²) in [6.45, 7) is 10.1. The third-order valence-corrected chi connectivity index (χ3v) is 1.50. The number of ether oxygens (including phenoxy) is 2. The summed E-state index contributed by atoms with van der Waals surface area (Å²) in [6, 6.07) is 0. The van der Waals surface area contributed by atoms with Gasteiger partial charge in [-0.15, -0.1) is 0 Å². The van der Waals surface area contributed by atoms with Crippen molar-refractivity contribution in [2.75, 3.05) is 0 Å². The number of rotatable bonds is 5. The molecule has 0 rings (SSSR count). The molecule has 0 spiro atoms. The van der Waals surface area contributed by atoms with E-state index in [1.54, 1.807) is 6.92 Å². The third-order valence-electron chi connectivity index (χ3n) is 1.50. The fourth-order valence-electron chi connectivity index (χ4n) is 0.537. The Hall–Kier alpha value is -1.58. The van der Waals surface area contributed by atoms with E-state index in [4.69, 9.17) is 4.74 Å². The lowest BCUT2D eigenvalue weighted by molar-refractivity contribution is -0.152. The van der Waals surface area contributed by atoms with Crippen molar-refractivity contribution in [3.05, 3.63) is 25.0 Å². The highest BCUT2D eigenvalue weighted by Crippen LogP contribution is 2.03. The van der Waals surface area contributed by atoms with Crippen molar-refractivity contribution < 1.29 is 19.1 Å². The number of carbonyl (C=O) groups is 2. The molecule has 0 heterocycles. The molecule has 1 unspecified atom stereocenters. The highest BCUT2D eigenvalue weighted by molar-refractivity contribution is 5.91. The summed E-state index contributed by atoms with van der Waals surface area (Å²) in [5.41, 5.74) is 0. The van der Waals surface area contributed by atoms with Gasteiger partial charge in [0.05, 0.1) is 6.10 Å². The maximum Gasteiger partial charge on any atom is 0.374 e. The van der Waals surface area contributed by atoms with Crippen LogP contribution in [0.3, 0.4) is 0 Å². The molecule has 78 valence electrons. The normalized spacial score (nSPS) is 11.3. The van der Waals surface area contributed by atoms with Gasteiger partial charge < -0.3 is 9.47 Å². The Kier molecular flexibility index (Phi) is 5.29. The SMILES string of the molecule is C=CC(=O)OC(=C)C(=O)OC(C)CC. The third kappa shape index (κ3) is 4.45. The molecule has 0 aromatic carbocycles. The number of hydrogen-bond acceptors (Lipinski definition) is 4. The minimum Gasteiger partial charge on any atom is -0.457 e. The van der Waals surface area contributed by atoms with Gasteiger partial charge in [-0.25, -0.2) is 9.59 Å². The van der Waals surface area contributed by atoms with Gasteiger partial charge in [-0.05, 0) is 19.9 Å². The predicted octanol–water partition coefficient (Wildman–Crippen LogP) is 1.57. The van der Waals surface area contributed by atoms with Crippen LogP contribution in [-0.4, -0.2) is 18.0 Å². The molecular formula is C10H14O4. The summed E-state index contributed by atoms with van der Waals surface area (Å²) in [4.78, 5) is 21.8. The molecule has 0 aliphatic heterocycles. The van der Waals surface area contributed by atoms with E-state index >= 15 is 0 Å². The van der Waals surface area contributed by atoms with E-state index in [1.165, 1.54) is 0 Å². The molecule has 4 heteroatoms. The van der Waals surface area contributed by atoms with Crippen LogP contribution in [0.1, 0.15) is 20.3 Å². The van der Waals surface area contributed by atoms with Crippen molar-refractivity contribution in [2.45, 2.75) is 26.4 Å². The molecule has 0 aliphatic carbocycles. The minimum atomic E-state index is -0.727. The Morgan fingerprint density at radius 1 is 1.50 bits per heavy atom. The van der Waals surface area contributed by atoms with Crippen LogP contribution in [0.15, 0.2) is 25.0 Å². The van der Waals surface area contributed by atoms with Gasteiger partial charge in [0, 0.05) is 6.08 Å². The van der Waals surface area contributed by atoms with Crippen molar-refractivity contribution in [2.24, 2.45) is 0 Å². The Labute approximate surface area is 83.2 Å². The Morgan fingerprint density at radius 3 is 2.50 bits per heavy atom. The monoisotopic (exact) mass is 198 g/mol. The van der Waals surface area contributed by atoms with Crippen molar-refractivity contribution in [1.29, 1.82) is 0 Å². The van der Waals surface area contributed by atoms with E-state index in [2.05, 4.69) is 17.9 Å². The first-order valence-electron chi connectivity index (χ1n) is 4.25. The fourth-order valence-corrected chi connectivity index (χ4v) is 0.537. The Balaban J connectivity index is 4.06. The molecule has 0 fully saturated rings. The van der Waals surface area contributed by atoms with Gasteiger partial charge in [-0.3, -0.25) is 0 Å². The molecule has 14 heavy (non-hydrogen) atoms. The van der Waals surface area contributed by atoms with Crippen LogP contribution in [-0.2, 0) is 19.1 Å². The molecular weight excluding hydrogens is 184 g/mol. The van der Waals surface area contributed by atoms with Crippen LogP contribution in [0, 0.1) is 0 Å². The lowest BCUT2D eigenvalue weighted by Gasteiger charge is -2.11. The summed E-state index contributed by atoms with van der Waals surface area (Å²) in [5.74, 6) is -1.78. The van der Waals surface area contributed by atoms with E-state index in [1.807, 2.05) is 6.92 Å². The molecule has 0 bridgehead atoms. The van der Waals surface area contributed by atoms with Crippen molar-refractivity contribution in [1.82, 2.24) is 0 Å². The van der Waals surface area contributed by atoms with Gasteiger partial charge in [-0.1, -0.05) is 13.5 Å². The maximum atomic E-state index is 11.1. The van der Waals surface area contributed by atoms with Crippen LogP contribution in [0.4, 0.5) is 0 Å². The molecule has 0 radical (unpaired) electrons. The quantitative estimate of drug-likeness (QED) is 0.382. The average Bonchev–Trinajstić information content (AvgIpc) is 2.17. The summed E-state index contributed by atoms with van der Waals surface area (Å²) in [6.07, 6.45) is 1.41. The van der Waals surface area contributed by atoms with Crippen LogP contribution in [0.5, 0.6) is 0 Å². The zero-order valence-corrected chi connectivity index (χ0v) is 8.41. The number of carbonyl (C=O) groups excluding carboxylic acids is 2. The minimum absolute atomic E-state index is 0.221. The highest BCUT2D eigenvalue weighted by atomic mass is 16.6. The van der Waals surface area contributed by atoms with Crippen LogP contribution < -0.4 is 0 Å². The van der Waals surface area contributed by atoms with E-state index in [0.717, 1.165) is 6.08 Å². The second-order valence-corrected chi connectivity index (χ2v) is 2.67. The molecule has 0 amide bonds. The van der Waals surface area contributed by atoms with Crippen molar-refractivity contribution in [3.8, 4) is 0 Å². The molecule has 4 nitrogen and oxygen atoms in total. The van der Waals surface area contributed by atoms with Gasteiger partial charge in [-0.2, -0.15) is 0 Å². The van der Waals surface area contributed by atoms with Gasteiger partial charge in [0.1, 0.15) is 0 Å². The molecule has 0 aliphatic rings. The van der Waals surface area contributed by atoms with Crippen LogP contribution >= 0.6 is 0 Å². The molecule has 0 saturated carbocycles. The standard InChI is InChI=1S/C10H14O4/c1-5-7(3)13-10(12)8(4)14-9(11)6-2/h6-7H,2,4-5H2,1,3H3. The summed E-state index contributed by atoms with van der Waals surface area (Å²) < 4.78 is 9.34. The number of esters is 2. The Bertz CT molecular complexity index is 255. The van der Waals surface area contributed by atoms with Gasteiger partial charge >= 0.3 is 11.9 Å². The van der Waals surface area contributed by atoms with E-state index in [9.17, 15) is 9.59 Å². The first kappa shape index (κ1) is 12.4. The first-order chi connectivity index (χ1) is 6.51. The fraction of sp³-hybridized carbons (Fsp3) is 0.400. The Morgan fingerprint density at radius 2 is 2.07 bits per heavy atom. The second kappa shape index (κ2) is 5.96. The van der Waals surface area contributed by atoms with Gasteiger partial charge in [0.2, 0.25) is 5.76 Å². The van der Waals surface area contributed by atoms with Gasteiger partial charge in [0.25, 0.3) is 0 Å². The largest absolute Gasteiger partial charge is 0.457 e. The predicted molar refractivity (Wildman–Crippen MR) is 51.3 cm³/mol. The van der Waals surface area contributed by atoms with Crippen molar-refractivity contribution >= 4 is 11.9 Å². The molecule has 1 atom stereocenters. The van der Waals surface area contributed by atoms with E-state index < -0.39 is 11.9 Å². The average molecular weight is 198 g/mol. The lowest BCUT2D eigenvalue weighted by Crippen LogP contribution is -2.17. The summed E-state index contributed by atoms with van der Waals surface area (Å²) >= 11 is 0. The first-order valence-corrected chi connectivity index (χ1v) is 4.25. The highest BCUT2D eigenvalue weighted by Gasteiger charge is 2.15. The summed E-state index contributed by atoms with van der Waals surface area (Å²) in [7, 11) is 0. The van der Waals surface area contributed by atoms with Crippen LogP contribution in [0.2, 0.25) is 0 Å². The maximum absolute atomic E-state index is 11.1. The van der Waals surface area contributed by atoms with E-state index in [-0.39, 0.29) is 11.9 Å². The van der Waals surface area contributed by atoms with Gasteiger partial charge in [0.15, 0.2) is 0 Å². The van der Waals surface area contributed by atoms with Crippen molar-refractivity contribution in [3.63, 3.8) is 0 Å². The molecule has 0 saturated heterocycles. The molecule has 0 aromatic heterocycles. The van der Waals surface area contributed by atoms with E-state index in [0.29, 0.717) is 6.42 Å². The molecule has 0 aromatic rings. The smallest absolute Gasteiger partial charge is 0.374 e. The second-order valence-electron chi connectivity index (χ2n) is 2.67. The topological polar surface area (TPSA) is 52.6 Å². The number of hydrogen-bond donors (Lipinski definition) is 0. The van der Waals surface area contributed by atoms with Crippen LogP contribution in [0.25, 0.3) is 0 Å².